The minimum Gasteiger partial charge on any atom is -0.494 e. The molecule has 0 saturated carbocycles. The molecule has 0 radical (unpaired) electrons. The van der Waals surface area contributed by atoms with Gasteiger partial charge in [0.2, 0.25) is 11.9 Å². The summed E-state index contributed by atoms with van der Waals surface area (Å²) in [6.07, 6.45) is -1.09. The van der Waals surface area contributed by atoms with Crippen LogP contribution in [0.3, 0.4) is 0 Å². The van der Waals surface area contributed by atoms with Gasteiger partial charge >= 0.3 is 6.18 Å². The van der Waals surface area contributed by atoms with Gasteiger partial charge in [0.1, 0.15) is 5.75 Å². The van der Waals surface area contributed by atoms with Crippen molar-refractivity contribution in [1.82, 2.24) is 19.8 Å². The minimum atomic E-state index is -4.60. The van der Waals surface area contributed by atoms with Gasteiger partial charge in [0.25, 0.3) is 0 Å². The van der Waals surface area contributed by atoms with Crippen molar-refractivity contribution in [1.29, 1.82) is 0 Å². The van der Waals surface area contributed by atoms with Crippen LogP contribution in [-0.2, 0) is 30.2 Å². The highest BCUT2D eigenvalue weighted by atomic mass is 19.4. The molecule has 1 aromatic heterocycles. The molecule has 2 aliphatic heterocycles. The summed E-state index contributed by atoms with van der Waals surface area (Å²) in [5.41, 5.74) is 2.96. The molecule has 12 heteroatoms. The Kier molecular flexibility index (Phi) is 9.59. The van der Waals surface area contributed by atoms with E-state index in [-0.39, 0.29) is 30.4 Å². The lowest BCUT2D eigenvalue weighted by Gasteiger charge is -2.38. The molecule has 5 rings (SSSR count). The molecule has 0 aliphatic carbocycles. The number of benzene rings is 2. The largest absolute Gasteiger partial charge is 0.494 e. The van der Waals surface area contributed by atoms with E-state index in [0.29, 0.717) is 29.6 Å². The van der Waals surface area contributed by atoms with E-state index in [1.54, 1.807) is 19.2 Å². The Bertz CT molecular complexity index is 1470. The average Bonchev–Trinajstić information content (AvgIpc) is 3.39. The molecule has 0 unspecified atom stereocenters. The van der Waals surface area contributed by atoms with Gasteiger partial charge in [-0.25, -0.2) is 9.97 Å². The maximum atomic E-state index is 13.9. The molecule has 2 aromatic carbocycles. The van der Waals surface area contributed by atoms with Crippen molar-refractivity contribution in [3.05, 3.63) is 65.0 Å². The molecule has 1 fully saturated rings. The maximum Gasteiger partial charge on any atom is 0.419 e. The van der Waals surface area contributed by atoms with E-state index >= 15 is 0 Å². The topological polar surface area (TPSA) is 85.9 Å². The second-order valence-corrected chi connectivity index (χ2v) is 11.7. The van der Waals surface area contributed by atoms with Crippen LogP contribution in [0, 0.1) is 0 Å². The number of ether oxygens (including phenoxy) is 1. The zero-order chi connectivity index (χ0) is 31.4. The lowest BCUT2D eigenvalue weighted by atomic mass is 9.98. The summed E-state index contributed by atoms with van der Waals surface area (Å²) in [4.78, 5) is 27.1. The Labute approximate surface area is 256 Å². The normalized spacial score (nSPS) is 15.6. The Hall–Kier alpha value is -3.90. The third-order valence-corrected chi connectivity index (χ3v) is 8.47. The zero-order valence-corrected chi connectivity index (χ0v) is 25.7. The highest BCUT2D eigenvalue weighted by Crippen LogP contribution is 2.35. The molecule has 1 amide bonds. The monoisotopic (exact) mass is 611 g/mol. The molecule has 3 heterocycles. The van der Waals surface area contributed by atoms with Crippen molar-refractivity contribution in [2.75, 3.05) is 70.0 Å². The fourth-order valence-electron chi connectivity index (χ4n) is 5.91. The Balaban J connectivity index is 1.28. The van der Waals surface area contributed by atoms with E-state index in [1.165, 1.54) is 0 Å². The predicted octanol–water partition coefficient (Wildman–Crippen LogP) is 4.99. The summed E-state index contributed by atoms with van der Waals surface area (Å²) in [6.45, 7) is 3.91. The smallest absolute Gasteiger partial charge is 0.419 e. The van der Waals surface area contributed by atoms with Crippen LogP contribution in [0.2, 0.25) is 0 Å². The molecule has 0 atom stereocenters. The summed E-state index contributed by atoms with van der Waals surface area (Å²) < 4.78 is 47.4. The summed E-state index contributed by atoms with van der Waals surface area (Å²) in [5.74, 6) is 0.482. The second kappa shape index (κ2) is 13.4. The van der Waals surface area contributed by atoms with Crippen molar-refractivity contribution in [2.24, 2.45) is 0 Å². The van der Waals surface area contributed by atoms with Gasteiger partial charge in [-0.3, -0.25) is 4.79 Å². The molecule has 9 nitrogen and oxygen atoms in total. The van der Waals surface area contributed by atoms with E-state index in [0.717, 1.165) is 62.0 Å². The van der Waals surface area contributed by atoms with Gasteiger partial charge in [-0.2, -0.15) is 13.2 Å². The van der Waals surface area contributed by atoms with Crippen LogP contribution in [0.5, 0.6) is 5.75 Å². The van der Waals surface area contributed by atoms with Crippen molar-refractivity contribution in [3.63, 3.8) is 0 Å². The fraction of sp³-hybridized carbons (Fsp3) is 0.469. The average molecular weight is 612 g/mol. The van der Waals surface area contributed by atoms with Crippen LogP contribution in [0.1, 0.15) is 35.2 Å². The third-order valence-electron chi connectivity index (χ3n) is 8.47. The van der Waals surface area contributed by atoms with Gasteiger partial charge in [-0.15, -0.1) is 0 Å². The number of likely N-dealkylation sites (N-methyl/N-ethyl adjacent to an activating group) is 2. The number of anilines is 4. The van der Waals surface area contributed by atoms with Crippen LogP contribution in [-0.4, -0.2) is 86.1 Å². The number of alkyl halides is 3. The number of hydrogen-bond acceptors (Lipinski definition) is 8. The van der Waals surface area contributed by atoms with Crippen molar-refractivity contribution in [2.45, 2.75) is 44.3 Å². The molecule has 44 heavy (non-hydrogen) atoms. The van der Waals surface area contributed by atoms with Gasteiger partial charge in [0.05, 0.1) is 30.5 Å². The van der Waals surface area contributed by atoms with Crippen LogP contribution in [0.25, 0.3) is 0 Å². The SMILES string of the molecule is COc1cc(N2CCC(N(C)CCN(C)C)CC2)ccc1Nc1ncc(C(F)(F)F)c(CCc2cccc3c2CC(=O)N3)n1. The van der Waals surface area contributed by atoms with Crippen molar-refractivity contribution >= 4 is 28.9 Å². The Morgan fingerprint density at radius 1 is 1.09 bits per heavy atom. The number of rotatable bonds is 11. The van der Waals surface area contributed by atoms with Gasteiger partial charge in [-0.05, 0) is 76.2 Å². The number of methoxy groups -OCH3 is 1. The first kappa shape index (κ1) is 31.5. The lowest BCUT2D eigenvalue weighted by molar-refractivity contribution is -0.138. The van der Waals surface area contributed by atoms with Crippen LogP contribution in [0.15, 0.2) is 42.6 Å². The number of nitrogens with zero attached hydrogens (tertiary/aromatic N) is 5. The molecule has 1 saturated heterocycles. The first-order valence-electron chi connectivity index (χ1n) is 14.9. The zero-order valence-electron chi connectivity index (χ0n) is 25.7. The Morgan fingerprint density at radius 2 is 1.86 bits per heavy atom. The number of aromatic nitrogens is 2. The summed E-state index contributed by atoms with van der Waals surface area (Å²) in [7, 11) is 7.93. The molecular formula is C32H40F3N7O2. The predicted molar refractivity (Wildman–Crippen MR) is 166 cm³/mol. The number of carbonyl (C=O) groups excluding carboxylic acids is 1. The quantitative estimate of drug-likeness (QED) is 0.314. The molecule has 2 N–H and O–H groups in total. The first-order chi connectivity index (χ1) is 21.0. The number of halogens is 3. The highest BCUT2D eigenvalue weighted by molar-refractivity contribution is 5.99. The van der Waals surface area contributed by atoms with E-state index < -0.39 is 11.7 Å². The second-order valence-electron chi connectivity index (χ2n) is 11.7. The van der Waals surface area contributed by atoms with Crippen LogP contribution >= 0.6 is 0 Å². The third kappa shape index (κ3) is 7.41. The maximum absolute atomic E-state index is 13.9. The number of hydrogen-bond donors (Lipinski definition) is 2. The van der Waals surface area contributed by atoms with Gasteiger partial charge in [-0.1, -0.05) is 12.1 Å². The number of carbonyl (C=O) groups is 1. The summed E-state index contributed by atoms with van der Waals surface area (Å²) in [6, 6.07) is 11.7. The van der Waals surface area contributed by atoms with Gasteiger partial charge in [0.15, 0.2) is 0 Å². The van der Waals surface area contributed by atoms with Gasteiger partial charge < -0.3 is 30.1 Å². The van der Waals surface area contributed by atoms with E-state index in [2.05, 4.69) is 56.4 Å². The minimum absolute atomic E-state index is 0.0348. The van der Waals surface area contributed by atoms with Crippen molar-refractivity contribution in [3.8, 4) is 5.75 Å². The fourth-order valence-corrected chi connectivity index (χ4v) is 5.91. The number of fused-ring (bicyclic) bond motifs is 1. The van der Waals surface area contributed by atoms with Gasteiger partial charge in [0, 0.05) is 55.9 Å². The van der Waals surface area contributed by atoms with Crippen LogP contribution < -0.4 is 20.3 Å². The number of aryl methyl sites for hydroxylation is 2. The highest BCUT2D eigenvalue weighted by Gasteiger charge is 2.35. The lowest BCUT2D eigenvalue weighted by Crippen LogP contribution is -2.45. The first-order valence-corrected chi connectivity index (χ1v) is 14.9. The summed E-state index contributed by atoms with van der Waals surface area (Å²) in [5, 5.41) is 5.85. The number of piperidine rings is 1. The molecule has 2 aliphatic rings. The molecule has 236 valence electrons. The standard InChI is InChI=1S/C32H40F3N7O2/c1-40(2)16-17-41(3)22-12-14-42(15-13-22)23-9-11-28(29(18-23)44-4)39-31-36-20-25(32(33,34)35)27(38-31)10-8-21-6-5-7-26-24(21)19-30(43)37-26/h5-7,9,11,18,20,22H,8,10,12-17,19H2,1-4H3,(H,37,43)(H,36,38,39). The Morgan fingerprint density at radius 3 is 2.57 bits per heavy atom. The molecular weight excluding hydrogens is 571 g/mol. The molecule has 3 aromatic rings. The molecule has 0 bridgehead atoms. The van der Waals surface area contributed by atoms with E-state index in [9.17, 15) is 18.0 Å². The van der Waals surface area contributed by atoms with E-state index in [4.69, 9.17) is 4.74 Å². The number of nitrogens with one attached hydrogen (secondary N) is 2. The van der Waals surface area contributed by atoms with Crippen molar-refractivity contribution < 1.29 is 22.7 Å². The molecule has 0 spiro atoms. The number of amides is 1. The van der Waals surface area contributed by atoms with E-state index in [1.807, 2.05) is 24.3 Å². The summed E-state index contributed by atoms with van der Waals surface area (Å²) >= 11 is 0. The van der Waals surface area contributed by atoms with Crippen LogP contribution in [0.4, 0.5) is 36.2 Å².